The lowest BCUT2D eigenvalue weighted by molar-refractivity contribution is 0.308. The van der Waals surface area contributed by atoms with Crippen LogP contribution in [0.2, 0.25) is 0 Å². The van der Waals surface area contributed by atoms with E-state index in [1.807, 2.05) is 6.07 Å². The Hall–Kier alpha value is -3.35. The lowest BCUT2D eigenvalue weighted by atomic mass is 9.93. The lowest BCUT2D eigenvalue weighted by Gasteiger charge is -2.33. The van der Waals surface area contributed by atoms with Crippen molar-refractivity contribution < 1.29 is 9.30 Å². The van der Waals surface area contributed by atoms with E-state index in [9.17, 15) is 0 Å². The van der Waals surface area contributed by atoms with Crippen molar-refractivity contribution in [2.75, 3.05) is 0 Å². The molecule has 0 atom stereocenters. The SMILES string of the molecule is O=P(c1ccc2ccccc2c1-c1c(OCc2ccccc2)ccc2ccccc12)(C1CCCC1)C1CCCC1. The molecule has 40 heavy (non-hydrogen) atoms. The number of hydrogen-bond donors (Lipinski definition) is 0. The van der Waals surface area contributed by atoms with Crippen LogP contribution < -0.4 is 10.0 Å². The molecule has 0 radical (unpaired) electrons. The summed E-state index contributed by atoms with van der Waals surface area (Å²) in [6.07, 6.45) is 9.15. The first-order chi connectivity index (χ1) is 19.7. The zero-order valence-corrected chi connectivity index (χ0v) is 24.0. The van der Waals surface area contributed by atoms with Crippen molar-refractivity contribution in [2.45, 2.75) is 69.3 Å². The Bertz CT molecular complexity index is 1670. The van der Waals surface area contributed by atoms with Crippen molar-refractivity contribution in [1.29, 1.82) is 0 Å². The molecule has 0 heterocycles. The number of ether oxygens (including phenoxy) is 1. The van der Waals surface area contributed by atoms with Crippen LogP contribution in [0.15, 0.2) is 103 Å². The Kier molecular flexibility index (Phi) is 6.98. The van der Waals surface area contributed by atoms with Crippen LogP contribution in [0.4, 0.5) is 0 Å². The maximum Gasteiger partial charge on any atom is 0.128 e. The summed E-state index contributed by atoms with van der Waals surface area (Å²) in [4.78, 5) is 0. The summed E-state index contributed by atoms with van der Waals surface area (Å²) in [5.41, 5.74) is 3.96. The number of fused-ring (bicyclic) bond motifs is 2. The predicted molar refractivity (Wildman–Crippen MR) is 169 cm³/mol. The molecule has 5 aromatic carbocycles. The number of rotatable bonds is 7. The van der Waals surface area contributed by atoms with Gasteiger partial charge in [0.05, 0.1) is 0 Å². The van der Waals surface area contributed by atoms with Crippen molar-refractivity contribution in [3.05, 3.63) is 109 Å². The molecule has 2 nitrogen and oxygen atoms in total. The van der Waals surface area contributed by atoms with Crippen LogP contribution in [0.5, 0.6) is 5.75 Å². The van der Waals surface area contributed by atoms with Gasteiger partial charge < -0.3 is 9.30 Å². The van der Waals surface area contributed by atoms with E-state index in [0.29, 0.717) is 17.9 Å². The summed E-state index contributed by atoms with van der Waals surface area (Å²) in [6.45, 7) is 0.495. The molecular weight excluding hydrogens is 507 g/mol. The zero-order chi connectivity index (χ0) is 26.9. The van der Waals surface area contributed by atoms with E-state index in [1.165, 1.54) is 41.8 Å². The Morgan fingerprint density at radius 2 is 1.10 bits per heavy atom. The van der Waals surface area contributed by atoms with Gasteiger partial charge in [0.25, 0.3) is 0 Å². The quantitative estimate of drug-likeness (QED) is 0.191. The molecule has 0 N–H and O–H groups in total. The van der Waals surface area contributed by atoms with Crippen LogP contribution in [-0.4, -0.2) is 11.3 Å². The highest BCUT2D eigenvalue weighted by Gasteiger charge is 2.45. The first kappa shape index (κ1) is 25.6. The first-order valence-corrected chi connectivity index (χ1v) is 16.9. The molecule has 0 aromatic heterocycles. The Balaban J connectivity index is 1.52. The third-order valence-corrected chi connectivity index (χ3v) is 13.7. The maximum absolute atomic E-state index is 15.8. The van der Waals surface area contributed by atoms with Gasteiger partial charge in [-0.25, -0.2) is 0 Å². The van der Waals surface area contributed by atoms with E-state index in [4.69, 9.17) is 4.74 Å². The molecule has 2 saturated carbocycles. The summed E-state index contributed by atoms with van der Waals surface area (Å²) in [5.74, 6) is 0.865. The summed E-state index contributed by atoms with van der Waals surface area (Å²) in [6, 6.07) is 36.4. The van der Waals surface area contributed by atoms with Gasteiger partial charge in [0.1, 0.15) is 19.5 Å². The molecule has 0 aliphatic heterocycles. The third kappa shape index (κ3) is 4.47. The molecule has 5 aromatic rings. The number of benzene rings is 5. The second-order valence-electron chi connectivity index (χ2n) is 11.7. The standard InChI is InChI=1S/C37H37O2P/c38-40(30-16-6-7-17-30,31-18-8-9-19-31)35-25-23-29-15-5-11-21-33(29)37(35)36-32-20-10-4-14-28(32)22-24-34(36)39-26-27-12-2-1-3-13-27/h1-5,10-15,20-25,30-31H,6-9,16-19,26H2. The Morgan fingerprint density at radius 3 is 1.73 bits per heavy atom. The molecular formula is C37H37O2P. The molecule has 0 saturated heterocycles. The van der Waals surface area contributed by atoms with Gasteiger partial charge in [-0.3, -0.25) is 0 Å². The highest BCUT2D eigenvalue weighted by Crippen LogP contribution is 2.64. The molecule has 202 valence electrons. The smallest absolute Gasteiger partial charge is 0.128 e. The highest BCUT2D eigenvalue weighted by molar-refractivity contribution is 7.73. The molecule has 0 amide bonds. The molecule has 0 unspecified atom stereocenters. The van der Waals surface area contributed by atoms with Gasteiger partial charge in [0, 0.05) is 27.7 Å². The summed E-state index contributed by atoms with van der Waals surface area (Å²) in [5, 5.41) is 5.81. The molecule has 0 spiro atoms. The minimum atomic E-state index is -2.70. The van der Waals surface area contributed by atoms with Crippen molar-refractivity contribution >= 4 is 34.0 Å². The Labute approximate surface area is 237 Å². The van der Waals surface area contributed by atoms with Crippen LogP contribution in [0.3, 0.4) is 0 Å². The van der Waals surface area contributed by atoms with E-state index >= 15 is 4.57 Å². The largest absolute Gasteiger partial charge is 0.488 e. The van der Waals surface area contributed by atoms with Gasteiger partial charge in [-0.15, -0.1) is 0 Å². The lowest BCUT2D eigenvalue weighted by Crippen LogP contribution is -2.25. The molecule has 0 bridgehead atoms. The van der Waals surface area contributed by atoms with Crippen LogP contribution in [0.1, 0.15) is 56.9 Å². The van der Waals surface area contributed by atoms with E-state index in [0.717, 1.165) is 58.8 Å². The average molecular weight is 545 g/mol. The van der Waals surface area contributed by atoms with Gasteiger partial charge in [0.15, 0.2) is 0 Å². The predicted octanol–water partition coefficient (Wildman–Crippen LogP) is 10.1. The minimum absolute atomic E-state index is 0.291. The fourth-order valence-corrected chi connectivity index (χ4v) is 12.0. The fourth-order valence-electron chi connectivity index (χ4n) is 7.45. The minimum Gasteiger partial charge on any atom is -0.488 e. The highest BCUT2D eigenvalue weighted by atomic mass is 31.2. The normalized spacial score (nSPS) is 16.7. The van der Waals surface area contributed by atoms with Crippen molar-refractivity contribution in [1.82, 2.24) is 0 Å². The fraction of sp³-hybridized carbons (Fsp3) is 0.297. The third-order valence-electron chi connectivity index (χ3n) is 9.40. The molecule has 2 fully saturated rings. The topological polar surface area (TPSA) is 26.3 Å². The average Bonchev–Trinajstić information content (AvgIpc) is 3.76. The molecule has 2 aliphatic rings. The molecule has 3 heteroatoms. The second-order valence-corrected chi connectivity index (χ2v) is 15.1. The van der Waals surface area contributed by atoms with Gasteiger partial charge in [-0.1, -0.05) is 123 Å². The Morgan fingerprint density at radius 1 is 0.575 bits per heavy atom. The van der Waals surface area contributed by atoms with Crippen LogP contribution in [-0.2, 0) is 11.2 Å². The summed E-state index contributed by atoms with van der Waals surface area (Å²) >= 11 is 0. The molecule has 2 aliphatic carbocycles. The van der Waals surface area contributed by atoms with Crippen molar-refractivity contribution in [3.63, 3.8) is 0 Å². The van der Waals surface area contributed by atoms with Gasteiger partial charge in [0.2, 0.25) is 0 Å². The van der Waals surface area contributed by atoms with Crippen LogP contribution in [0, 0.1) is 0 Å². The van der Waals surface area contributed by atoms with Crippen LogP contribution in [0.25, 0.3) is 32.7 Å². The molecule has 7 rings (SSSR count). The van der Waals surface area contributed by atoms with Gasteiger partial charge in [-0.05, 0) is 58.9 Å². The van der Waals surface area contributed by atoms with Gasteiger partial charge >= 0.3 is 0 Å². The van der Waals surface area contributed by atoms with E-state index < -0.39 is 7.14 Å². The van der Waals surface area contributed by atoms with E-state index in [-0.39, 0.29) is 0 Å². The van der Waals surface area contributed by atoms with E-state index in [2.05, 4.69) is 97.1 Å². The van der Waals surface area contributed by atoms with Gasteiger partial charge in [-0.2, -0.15) is 0 Å². The maximum atomic E-state index is 15.8. The zero-order valence-electron chi connectivity index (χ0n) is 23.1. The second kappa shape index (κ2) is 10.9. The van der Waals surface area contributed by atoms with E-state index in [1.54, 1.807) is 0 Å². The summed E-state index contributed by atoms with van der Waals surface area (Å²) in [7, 11) is -2.70. The van der Waals surface area contributed by atoms with Crippen LogP contribution >= 0.6 is 7.14 Å². The number of hydrogen-bond acceptors (Lipinski definition) is 2. The van der Waals surface area contributed by atoms with Crippen molar-refractivity contribution in [3.8, 4) is 16.9 Å². The first-order valence-electron chi connectivity index (χ1n) is 15.0. The summed E-state index contributed by atoms with van der Waals surface area (Å²) < 4.78 is 22.5. The monoisotopic (exact) mass is 544 g/mol. The van der Waals surface area contributed by atoms with Crippen molar-refractivity contribution in [2.24, 2.45) is 0 Å².